The lowest BCUT2D eigenvalue weighted by Gasteiger charge is -2.00. The smallest absolute Gasteiger partial charge is 0.286 e. The molecule has 2 aromatic rings. The average Bonchev–Trinajstić information content (AvgIpc) is 2.66. The Hall–Kier alpha value is -1.53. The molecule has 0 bridgehead atoms. The SMILES string of the molecule is O=C(Nc1ccncc1)c1nnc(Cl)s1. The molecule has 0 aromatic carbocycles. The molecule has 0 radical (unpaired) electrons. The molecule has 0 aliphatic rings. The van der Waals surface area contributed by atoms with Gasteiger partial charge in [0.2, 0.25) is 9.47 Å². The van der Waals surface area contributed by atoms with Crippen LogP contribution in [0.2, 0.25) is 4.47 Å². The van der Waals surface area contributed by atoms with Gasteiger partial charge in [0.05, 0.1) is 0 Å². The van der Waals surface area contributed by atoms with Gasteiger partial charge in [0.25, 0.3) is 5.91 Å². The van der Waals surface area contributed by atoms with Gasteiger partial charge in [0.15, 0.2) is 0 Å². The number of halogens is 1. The molecule has 7 heteroatoms. The number of nitrogens with zero attached hydrogens (tertiary/aromatic N) is 3. The van der Waals surface area contributed by atoms with Gasteiger partial charge in [0, 0.05) is 18.1 Å². The first kappa shape index (κ1) is 10.0. The van der Waals surface area contributed by atoms with Crippen LogP contribution in [0.1, 0.15) is 9.80 Å². The van der Waals surface area contributed by atoms with E-state index < -0.39 is 0 Å². The summed E-state index contributed by atoms with van der Waals surface area (Å²) in [5.74, 6) is -0.328. The number of nitrogens with one attached hydrogen (secondary N) is 1. The molecule has 2 rings (SSSR count). The van der Waals surface area contributed by atoms with Crippen LogP contribution in [0.15, 0.2) is 24.5 Å². The first-order valence-corrected chi connectivity index (χ1v) is 5.15. The Bertz CT molecular complexity index is 473. The minimum Gasteiger partial charge on any atom is -0.320 e. The Morgan fingerprint density at radius 1 is 1.33 bits per heavy atom. The lowest BCUT2D eigenvalue weighted by Crippen LogP contribution is -2.11. The van der Waals surface area contributed by atoms with E-state index in [0.29, 0.717) is 5.69 Å². The molecule has 5 nitrogen and oxygen atoms in total. The largest absolute Gasteiger partial charge is 0.320 e. The molecule has 76 valence electrons. The van der Waals surface area contributed by atoms with Crippen LogP contribution in [0, 0.1) is 0 Å². The average molecular weight is 241 g/mol. The molecule has 0 atom stereocenters. The second kappa shape index (κ2) is 4.33. The van der Waals surface area contributed by atoms with Crippen molar-refractivity contribution in [3.05, 3.63) is 34.0 Å². The summed E-state index contributed by atoms with van der Waals surface area (Å²) in [6, 6.07) is 3.36. The number of hydrogen-bond acceptors (Lipinski definition) is 5. The molecule has 2 aromatic heterocycles. The summed E-state index contributed by atoms with van der Waals surface area (Å²) >= 11 is 6.59. The summed E-state index contributed by atoms with van der Waals surface area (Å²) in [7, 11) is 0. The first-order valence-electron chi connectivity index (χ1n) is 3.96. The van der Waals surface area contributed by atoms with E-state index in [1.54, 1.807) is 24.5 Å². The molecular formula is C8H5ClN4OS. The minimum absolute atomic E-state index is 0.233. The van der Waals surface area contributed by atoms with Gasteiger partial charge in [-0.15, -0.1) is 10.2 Å². The highest BCUT2D eigenvalue weighted by Crippen LogP contribution is 2.16. The second-order valence-corrected chi connectivity index (χ2v) is 4.11. The third-order valence-corrected chi connectivity index (χ3v) is 2.55. The van der Waals surface area contributed by atoms with Crippen LogP contribution in [-0.4, -0.2) is 21.1 Å². The van der Waals surface area contributed by atoms with Crippen LogP contribution in [0.25, 0.3) is 0 Å². The molecule has 0 fully saturated rings. The summed E-state index contributed by atoms with van der Waals surface area (Å²) < 4.78 is 0.245. The summed E-state index contributed by atoms with van der Waals surface area (Å²) in [5.41, 5.74) is 0.654. The highest BCUT2D eigenvalue weighted by atomic mass is 35.5. The van der Waals surface area contributed by atoms with Gasteiger partial charge in [-0.3, -0.25) is 9.78 Å². The van der Waals surface area contributed by atoms with Crippen molar-refractivity contribution in [2.75, 3.05) is 5.32 Å². The lowest BCUT2D eigenvalue weighted by molar-refractivity contribution is 0.102. The molecule has 1 N–H and O–H groups in total. The van der Waals surface area contributed by atoms with E-state index in [1.165, 1.54) is 0 Å². The van der Waals surface area contributed by atoms with Crippen molar-refractivity contribution in [2.24, 2.45) is 0 Å². The van der Waals surface area contributed by atoms with Crippen molar-refractivity contribution in [1.29, 1.82) is 0 Å². The van der Waals surface area contributed by atoms with Crippen LogP contribution in [0.3, 0.4) is 0 Å². The van der Waals surface area contributed by atoms with E-state index in [9.17, 15) is 4.79 Å². The third kappa shape index (κ3) is 2.48. The molecule has 0 saturated heterocycles. The third-order valence-electron chi connectivity index (χ3n) is 1.53. The van der Waals surface area contributed by atoms with Crippen LogP contribution in [0.4, 0.5) is 5.69 Å². The Balaban J connectivity index is 2.11. The van der Waals surface area contributed by atoms with Crippen molar-refractivity contribution in [2.45, 2.75) is 0 Å². The van der Waals surface area contributed by atoms with Crippen molar-refractivity contribution >= 4 is 34.5 Å². The predicted octanol–water partition coefficient (Wildman–Crippen LogP) is 1.84. The maximum Gasteiger partial charge on any atom is 0.286 e. The fourth-order valence-electron chi connectivity index (χ4n) is 0.917. The molecule has 0 spiro atoms. The zero-order chi connectivity index (χ0) is 10.7. The molecule has 15 heavy (non-hydrogen) atoms. The van der Waals surface area contributed by atoms with E-state index in [2.05, 4.69) is 20.5 Å². The van der Waals surface area contributed by atoms with Gasteiger partial charge in [-0.1, -0.05) is 11.3 Å². The lowest BCUT2D eigenvalue weighted by atomic mass is 10.4. The zero-order valence-electron chi connectivity index (χ0n) is 7.35. The predicted molar refractivity (Wildman–Crippen MR) is 57.1 cm³/mol. The Morgan fingerprint density at radius 2 is 2.07 bits per heavy atom. The summed E-state index contributed by atoms with van der Waals surface area (Å²) in [6.45, 7) is 0. The van der Waals surface area contributed by atoms with Gasteiger partial charge in [-0.05, 0) is 23.7 Å². The molecule has 0 aliphatic heterocycles. The van der Waals surface area contributed by atoms with E-state index in [4.69, 9.17) is 11.6 Å². The normalized spacial score (nSPS) is 9.93. The number of anilines is 1. The number of aromatic nitrogens is 3. The number of rotatable bonds is 2. The molecule has 2 heterocycles. The fourth-order valence-corrected chi connectivity index (χ4v) is 1.64. The zero-order valence-corrected chi connectivity index (χ0v) is 8.92. The number of carbonyl (C=O) groups is 1. The van der Waals surface area contributed by atoms with Crippen LogP contribution in [-0.2, 0) is 0 Å². The van der Waals surface area contributed by atoms with Gasteiger partial charge >= 0.3 is 0 Å². The number of carbonyl (C=O) groups excluding carboxylic acids is 1. The van der Waals surface area contributed by atoms with Crippen molar-refractivity contribution in [3.8, 4) is 0 Å². The molecule has 0 saturated carbocycles. The molecule has 0 unspecified atom stereocenters. The first-order chi connectivity index (χ1) is 7.25. The maximum atomic E-state index is 11.5. The Morgan fingerprint density at radius 3 is 2.67 bits per heavy atom. The van der Waals surface area contributed by atoms with Gasteiger partial charge in [0.1, 0.15) is 0 Å². The van der Waals surface area contributed by atoms with Crippen LogP contribution >= 0.6 is 22.9 Å². The van der Waals surface area contributed by atoms with Crippen LogP contribution < -0.4 is 5.32 Å². The van der Waals surface area contributed by atoms with Crippen molar-refractivity contribution in [3.63, 3.8) is 0 Å². The highest BCUT2D eigenvalue weighted by molar-refractivity contribution is 7.17. The summed E-state index contributed by atoms with van der Waals surface area (Å²) in [6.07, 6.45) is 3.17. The van der Waals surface area contributed by atoms with Crippen molar-refractivity contribution < 1.29 is 4.79 Å². The topological polar surface area (TPSA) is 67.8 Å². The van der Waals surface area contributed by atoms with Gasteiger partial charge < -0.3 is 5.32 Å². The van der Waals surface area contributed by atoms with E-state index in [1.807, 2.05) is 0 Å². The van der Waals surface area contributed by atoms with E-state index in [0.717, 1.165) is 11.3 Å². The van der Waals surface area contributed by atoms with Crippen LogP contribution in [0.5, 0.6) is 0 Å². The quantitative estimate of drug-likeness (QED) is 0.870. The standard InChI is InChI=1S/C8H5ClN4OS/c9-8-13-12-7(15-8)6(14)11-5-1-3-10-4-2-5/h1-4H,(H,10,11,14). The number of amides is 1. The monoisotopic (exact) mass is 240 g/mol. The van der Waals surface area contributed by atoms with E-state index in [-0.39, 0.29) is 15.4 Å². The highest BCUT2D eigenvalue weighted by Gasteiger charge is 2.11. The van der Waals surface area contributed by atoms with Gasteiger partial charge in [-0.2, -0.15) is 0 Å². The summed E-state index contributed by atoms with van der Waals surface area (Å²) in [5, 5.41) is 10.0. The maximum absolute atomic E-state index is 11.5. The van der Waals surface area contributed by atoms with E-state index >= 15 is 0 Å². The Kier molecular flexibility index (Phi) is 2.89. The summed E-state index contributed by atoms with van der Waals surface area (Å²) in [4.78, 5) is 15.4. The number of hydrogen-bond donors (Lipinski definition) is 1. The fraction of sp³-hybridized carbons (Fsp3) is 0. The second-order valence-electron chi connectivity index (χ2n) is 2.55. The van der Waals surface area contributed by atoms with Gasteiger partial charge in [-0.25, -0.2) is 0 Å². The minimum atomic E-state index is -0.328. The molecule has 1 amide bonds. The molecular weight excluding hydrogens is 236 g/mol. The van der Waals surface area contributed by atoms with Crippen molar-refractivity contribution in [1.82, 2.24) is 15.2 Å². The Labute approximate surface area is 94.1 Å². The number of pyridine rings is 1. The molecule has 0 aliphatic carbocycles.